The van der Waals surface area contributed by atoms with Crippen molar-refractivity contribution in [3.05, 3.63) is 38.9 Å². The topological polar surface area (TPSA) is 83.7 Å². The fraction of sp³-hybridized carbons (Fsp3) is 0.462. The van der Waals surface area contributed by atoms with Crippen LogP contribution in [0.5, 0.6) is 0 Å². The predicted molar refractivity (Wildman–Crippen MR) is 73.8 cm³/mol. The molecule has 1 atom stereocenters. The van der Waals surface area contributed by atoms with Crippen molar-refractivity contribution in [3.63, 3.8) is 0 Å². The summed E-state index contributed by atoms with van der Waals surface area (Å²) in [4.78, 5) is 23.4. The Bertz CT molecular complexity index is 535. The van der Waals surface area contributed by atoms with Gasteiger partial charge < -0.3 is 5.11 Å². The first-order chi connectivity index (χ1) is 9.47. The van der Waals surface area contributed by atoms with Crippen molar-refractivity contribution < 1.29 is 14.8 Å². The lowest BCUT2D eigenvalue weighted by Gasteiger charge is -2.23. The van der Waals surface area contributed by atoms with Gasteiger partial charge in [-0.15, -0.1) is 0 Å². The maximum absolute atomic E-state index is 11.0. The highest BCUT2D eigenvalue weighted by Gasteiger charge is 2.28. The molecule has 1 unspecified atom stereocenters. The number of halogens is 1. The number of likely N-dealkylation sites (tertiary alicyclic amines) is 1. The molecule has 0 saturated carbocycles. The fourth-order valence-electron chi connectivity index (χ4n) is 2.61. The third kappa shape index (κ3) is 3.46. The molecule has 1 fully saturated rings. The number of nitro benzene ring substituents is 1. The van der Waals surface area contributed by atoms with Gasteiger partial charge in [0.05, 0.1) is 11.3 Å². The maximum Gasteiger partial charge on any atom is 0.304 e. The molecule has 2 rings (SSSR count). The molecule has 0 aliphatic carbocycles. The van der Waals surface area contributed by atoms with Crippen molar-refractivity contribution in [3.8, 4) is 0 Å². The average Bonchev–Trinajstić information content (AvgIpc) is 2.75. The molecule has 1 heterocycles. The van der Waals surface area contributed by atoms with Crippen LogP contribution < -0.4 is 0 Å². The van der Waals surface area contributed by atoms with Crippen LogP contribution in [0.15, 0.2) is 18.2 Å². The molecule has 0 aromatic heterocycles. The van der Waals surface area contributed by atoms with Gasteiger partial charge in [0, 0.05) is 29.2 Å². The smallest absolute Gasteiger partial charge is 0.304 e. The molecule has 0 amide bonds. The van der Waals surface area contributed by atoms with Gasteiger partial charge in [0.2, 0.25) is 0 Å². The second kappa shape index (κ2) is 6.19. The molecule has 0 radical (unpaired) electrons. The molecule has 1 aliphatic heterocycles. The number of hydrogen-bond acceptors (Lipinski definition) is 4. The molecule has 6 nitrogen and oxygen atoms in total. The van der Waals surface area contributed by atoms with Gasteiger partial charge in [0.1, 0.15) is 0 Å². The van der Waals surface area contributed by atoms with Crippen molar-refractivity contribution in [2.45, 2.75) is 31.8 Å². The predicted octanol–water partition coefficient (Wildman–Crippen LogP) is 2.69. The maximum atomic E-state index is 11.0. The summed E-state index contributed by atoms with van der Waals surface area (Å²) in [6, 6.07) is 4.39. The summed E-state index contributed by atoms with van der Waals surface area (Å²) in [7, 11) is 0. The summed E-state index contributed by atoms with van der Waals surface area (Å²) in [6.45, 7) is 1.11. The first kappa shape index (κ1) is 14.7. The second-order valence-corrected chi connectivity index (χ2v) is 5.33. The van der Waals surface area contributed by atoms with E-state index in [-0.39, 0.29) is 18.2 Å². The van der Waals surface area contributed by atoms with Crippen LogP contribution in [0.4, 0.5) is 5.69 Å². The zero-order chi connectivity index (χ0) is 14.7. The molecular weight excluding hydrogens is 284 g/mol. The molecule has 1 aliphatic rings. The third-order valence-electron chi connectivity index (χ3n) is 3.52. The van der Waals surface area contributed by atoms with Crippen molar-refractivity contribution in [2.75, 3.05) is 6.54 Å². The summed E-state index contributed by atoms with van der Waals surface area (Å²) in [6.07, 6.45) is 1.78. The number of nitrogens with zero attached hydrogens (tertiary/aromatic N) is 2. The zero-order valence-corrected chi connectivity index (χ0v) is 11.5. The van der Waals surface area contributed by atoms with Crippen molar-refractivity contribution in [2.24, 2.45) is 0 Å². The van der Waals surface area contributed by atoms with Crippen LogP contribution >= 0.6 is 11.6 Å². The first-order valence-corrected chi connectivity index (χ1v) is 6.74. The molecule has 0 spiro atoms. The van der Waals surface area contributed by atoms with Gasteiger partial charge in [0.25, 0.3) is 5.69 Å². The Labute approximate surface area is 121 Å². The van der Waals surface area contributed by atoms with Crippen LogP contribution in [0.3, 0.4) is 0 Å². The number of rotatable bonds is 5. The standard InChI is InChI=1S/C13H15ClN2O4/c14-10-3-4-12(16(19)20)9(6-10)8-15-5-1-2-11(15)7-13(17)18/h3-4,6,11H,1-2,5,7-8H2,(H,17,18). The number of nitro groups is 1. The summed E-state index contributed by atoms with van der Waals surface area (Å²) >= 11 is 5.89. The van der Waals surface area contributed by atoms with Gasteiger partial charge in [-0.1, -0.05) is 11.6 Å². The summed E-state index contributed by atoms with van der Waals surface area (Å²) < 4.78 is 0. The van der Waals surface area contributed by atoms with Gasteiger partial charge in [-0.05, 0) is 31.5 Å². The largest absolute Gasteiger partial charge is 0.481 e. The van der Waals surface area contributed by atoms with Crippen molar-refractivity contribution >= 4 is 23.3 Å². The van der Waals surface area contributed by atoms with E-state index in [1.54, 1.807) is 6.07 Å². The van der Waals surface area contributed by atoms with E-state index in [2.05, 4.69) is 0 Å². The molecule has 1 saturated heterocycles. The highest BCUT2D eigenvalue weighted by Crippen LogP contribution is 2.28. The quantitative estimate of drug-likeness (QED) is 0.667. The molecular formula is C13H15ClN2O4. The molecule has 1 N–H and O–H groups in total. The number of hydrogen-bond donors (Lipinski definition) is 1. The van der Waals surface area contributed by atoms with Crippen LogP contribution in [0.2, 0.25) is 5.02 Å². The Morgan fingerprint density at radius 3 is 2.95 bits per heavy atom. The molecule has 0 bridgehead atoms. The Morgan fingerprint density at radius 2 is 2.30 bits per heavy atom. The number of carbonyl (C=O) groups is 1. The van der Waals surface area contributed by atoms with Crippen LogP contribution in [0.25, 0.3) is 0 Å². The molecule has 108 valence electrons. The van der Waals surface area contributed by atoms with Gasteiger partial charge in [-0.2, -0.15) is 0 Å². The number of carboxylic acid groups (broad SMARTS) is 1. The van der Waals surface area contributed by atoms with E-state index < -0.39 is 10.9 Å². The highest BCUT2D eigenvalue weighted by molar-refractivity contribution is 6.30. The summed E-state index contributed by atoms with van der Waals surface area (Å²) in [5, 5.41) is 20.3. The lowest BCUT2D eigenvalue weighted by molar-refractivity contribution is -0.385. The first-order valence-electron chi connectivity index (χ1n) is 6.36. The summed E-state index contributed by atoms with van der Waals surface area (Å²) in [5.41, 5.74) is 0.551. The fourth-order valence-corrected chi connectivity index (χ4v) is 2.81. The molecule has 1 aromatic rings. The lowest BCUT2D eigenvalue weighted by Crippen LogP contribution is -2.31. The van der Waals surface area contributed by atoms with Crippen LogP contribution in [0, 0.1) is 10.1 Å². The van der Waals surface area contributed by atoms with E-state index in [4.69, 9.17) is 16.7 Å². The van der Waals surface area contributed by atoms with E-state index in [9.17, 15) is 14.9 Å². The minimum Gasteiger partial charge on any atom is -0.481 e. The Hall–Kier alpha value is -1.66. The van der Waals surface area contributed by atoms with Crippen LogP contribution in [0.1, 0.15) is 24.8 Å². The van der Waals surface area contributed by atoms with Gasteiger partial charge in [-0.3, -0.25) is 19.8 Å². The zero-order valence-electron chi connectivity index (χ0n) is 10.8. The van der Waals surface area contributed by atoms with Crippen LogP contribution in [-0.2, 0) is 11.3 Å². The van der Waals surface area contributed by atoms with E-state index in [1.807, 2.05) is 4.90 Å². The second-order valence-electron chi connectivity index (χ2n) is 4.89. The molecule has 7 heteroatoms. The van der Waals surface area contributed by atoms with Crippen molar-refractivity contribution in [1.29, 1.82) is 0 Å². The lowest BCUT2D eigenvalue weighted by atomic mass is 10.1. The van der Waals surface area contributed by atoms with E-state index in [0.717, 1.165) is 19.4 Å². The number of aliphatic carboxylic acids is 1. The normalized spacial score (nSPS) is 19.1. The third-order valence-corrected chi connectivity index (χ3v) is 3.76. The Balaban J connectivity index is 2.18. The summed E-state index contributed by atoms with van der Waals surface area (Å²) in [5.74, 6) is -0.845. The van der Waals surface area contributed by atoms with Crippen LogP contribution in [-0.4, -0.2) is 33.5 Å². The van der Waals surface area contributed by atoms with Crippen molar-refractivity contribution in [1.82, 2.24) is 4.90 Å². The Kier molecular flexibility index (Phi) is 4.57. The minimum atomic E-state index is -0.845. The van der Waals surface area contributed by atoms with E-state index in [0.29, 0.717) is 17.1 Å². The van der Waals surface area contributed by atoms with Gasteiger partial charge in [-0.25, -0.2) is 0 Å². The number of carboxylic acids is 1. The molecule has 1 aromatic carbocycles. The molecule has 20 heavy (non-hydrogen) atoms. The van der Waals surface area contributed by atoms with E-state index >= 15 is 0 Å². The average molecular weight is 299 g/mol. The minimum absolute atomic E-state index is 0.0235. The SMILES string of the molecule is O=C(O)CC1CCCN1Cc1cc(Cl)ccc1[N+](=O)[O-]. The van der Waals surface area contributed by atoms with E-state index in [1.165, 1.54) is 12.1 Å². The Morgan fingerprint density at radius 1 is 1.55 bits per heavy atom. The monoisotopic (exact) mass is 298 g/mol. The number of benzene rings is 1. The van der Waals surface area contributed by atoms with Gasteiger partial charge >= 0.3 is 5.97 Å². The van der Waals surface area contributed by atoms with Gasteiger partial charge in [0.15, 0.2) is 0 Å². The highest BCUT2D eigenvalue weighted by atomic mass is 35.5.